The molecular weight excluding hydrogens is 272 g/mol. The van der Waals surface area contributed by atoms with Gasteiger partial charge in [-0.2, -0.15) is 5.10 Å². The molecule has 3 rings (SSSR count). The third kappa shape index (κ3) is 2.74. The summed E-state index contributed by atoms with van der Waals surface area (Å²) in [6, 6.07) is 0.707. The molecule has 3 heterocycles. The summed E-state index contributed by atoms with van der Waals surface area (Å²) in [4.78, 5) is 5.16. The fourth-order valence-electron chi connectivity index (χ4n) is 3.83. The van der Waals surface area contributed by atoms with E-state index in [0.717, 1.165) is 29.9 Å². The first kappa shape index (κ1) is 14.4. The number of aromatic nitrogens is 2. The average Bonchev–Trinajstić information content (AvgIpc) is 2.55. The third-order valence-electron chi connectivity index (χ3n) is 4.96. The van der Waals surface area contributed by atoms with Crippen LogP contribution in [0.1, 0.15) is 30.5 Å². The molecule has 20 heavy (non-hydrogen) atoms. The van der Waals surface area contributed by atoms with Crippen molar-refractivity contribution in [3.8, 4) is 0 Å². The van der Waals surface area contributed by atoms with E-state index in [2.05, 4.69) is 28.9 Å². The van der Waals surface area contributed by atoms with E-state index in [0.29, 0.717) is 6.04 Å². The predicted octanol–water partition coefficient (Wildman–Crippen LogP) is 2.30. The summed E-state index contributed by atoms with van der Waals surface area (Å²) < 4.78 is 1.79. The van der Waals surface area contributed by atoms with Crippen molar-refractivity contribution in [2.24, 2.45) is 13.0 Å². The molecule has 2 aliphatic rings. The standard InChI is InChI=1S/C15H25ClN4/c1-11-14(15(16)19(3)17-11)10-20-8-12-5-4-6-13(9-20)18(2)7-12/h12-13H,4-10H2,1-3H3/t12-,13-/m0/s1. The van der Waals surface area contributed by atoms with Crippen molar-refractivity contribution in [1.82, 2.24) is 19.6 Å². The molecule has 5 heteroatoms. The van der Waals surface area contributed by atoms with Crippen LogP contribution in [0, 0.1) is 12.8 Å². The summed E-state index contributed by atoms with van der Waals surface area (Å²) in [5, 5.41) is 5.23. The van der Waals surface area contributed by atoms with Crippen LogP contribution in [0.25, 0.3) is 0 Å². The lowest BCUT2D eigenvalue weighted by Gasteiger charge is -2.29. The number of halogens is 1. The van der Waals surface area contributed by atoms with Gasteiger partial charge in [-0.05, 0) is 32.7 Å². The first-order valence-corrected chi connectivity index (χ1v) is 8.03. The molecule has 0 radical (unpaired) electrons. The topological polar surface area (TPSA) is 24.3 Å². The molecule has 1 aromatic rings. The first-order valence-electron chi connectivity index (χ1n) is 7.65. The Morgan fingerprint density at radius 3 is 2.70 bits per heavy atom. The summed E-state index contributed by atoms with van der Waals surface area (Å²) in [5.41, 5.74) is 2.28. The van der Waals surface area contributed by atoms with Gasteiger partial charge in [0.2, 0.25) is 0 Å². The van der Waals surface area contributed by atoms with E-state index in [9.17, 15) is 0 Å². The molecule has 0 spiro atoms. The number of nitrogens with zero attached hydrogens (tertiary/aromatic N) is 4. The molecule has 4 nitrogen and oxygen atoms in total. The zero-order valence-electron chi connectivity index (χ0n) is 12.8. The maximum absolute atomic E-state index is 6.39. The number of likely N-dealkylation sites (tertiary alicyclic amines) is 1. The summed E-state index contributed by atoms with van der Waals surface area (Å²) in [6.45, 7) is 6.62. The Labute approximate surface area is 126 Å². The molecule has 112 valence electrons. The highest BCUT2D eigenvalue weighted by Crippen LogP contribution is 2.28. The van der Waals surface area contributed by atoms with E-state index in [1.165, 1.54) is 37.9 Å². The monoisotopic (exact) mass is 296 g/mol. The second-order valence-electron chi connectivity index (χ2n) is 6.56. The molecule has 0 unspecified atom stereocenters. The fourth-order valence-corrected chi connectivity index (χ4v) is 4.07. The SMILES string of the molecule is Cc1nn(C)c(Cl)c1CN1C[C@H]2CCC[C@@H](C1)N(C)C2. The molecule has 0 N–H and O–H groups in total. The Balaban J connectivity index is 1.77. The largest absolute Gasteiger partial charge is 0.302 e. The first-order chi connectivity index (χ1) is 9.54. The lowest BCUT2D eigenvalue weighted by Crippen LogP contribution is -2.38. The Morgan fingerprint density at radius 1 is 1.20 bits per heavy atom. The van der Waals surface area contributed by atoms with Crippen molar-refractivity contribution < 1.29 is 0 Å². The minimum absolute atomic E-state index is 0.707. The van der Waals surface area contributed by atoms with Crippen LogP contribution in [-0.2, 0) is 13.6 Å². The molecular formula is C15H25ClN4. The van der Waals surface area contributed by atoms with E-state index in [1.807, 2.05) is 7.05 Å². The van der Waals surface area contributed by atoms with E-state index < -0.39 is 0 Å². The second-order valence-corrected chi connectivity index (χ2v) is 6.92. The summed E-state index contributed by atoms with van der Waals surface area (Å²) >= 11 is 6.39. The van der Waals surface area contributed by atoms with Crippen molar-refractivity contribution >= 4 is 11.6 Å². The normalized spacial score (nSPS) is 28.6. The molecule has 0 aromatic carbocycles. The highest BCUT2D eigenvalue weighted by Gasteiger charge is 2.31. The Hall–Kier alpha value is -0.580. The number of rotatable bonds is 2. The summed E-state index contributed by atoms with van der Waals surface area (Å²) in [7, 11) is 4.21. The lowest BCUT2D eigenvalue weighted by molar-refractivity contribution is 0.187. The van der Waals surface area contributed by atoms with Gasteiger partial charge >= 0.3 is 0 Å². The zero-order valence-corrected chi connectivity index (χ0v) is 13.5. The quantitative estimate of drug-likeness (QED) is 0.837. The Bertz CT molecular complexity index is 484. The maximum Gasteiger partial charge on any atom is 0.131 e. The summed E-state index contributed by atoms with van der Waals surface area (Å²) in [6.07, 6.45) is 4.10. The van der Waals surface area contributed by atoms with Crippen LogP contribution in [-0.4, -0.2) is 52.3 Å². The van der Waals surface area contributed by atoms with E-state index >= 15 is 0 Å². The van der Waals surface area contributed by atoms with Crippen LogP contribution in [0.4, 0.5) is 0 Å². The zero-order chi connectivity index (χ0) is 14.3. The molecule has 0 amide bonds. The van der Waals surface area contributed by atoms with Crippen molar-refractivity contribution in [3.63, 3.8) is 0 Å². The van der Waals surface area contributed by atoms with Gasteiger partial charge in [0, 0.05) is 44.8 Å². The van der Waals surface area contributed by atoms with Gasteiger partial charge < -0.3 is 4.90 Å². The minimum Gasteiger partial charge on any atom is -0.302 e. The van der Waals surface area contributed by atoms with Gasteiger partial charge in [-0.15, -0.1) is 0 Å². The number of fused-ring (bicyclic) bond motifs is 3. The predicted molar refractivity (Wildman–Crippen MR) is 82.0 cm³/mol. The van der Waals surface area contributed by atoms with Crippen molar-refractivity contribution in [2.45, 2.75) is 38.8 Å². The molecule has 2 aliphatic heterocycles. The summed E-state index contributed by atoms with van der Waals surface area (Å²) in [5.74, 6) is 0.809. The number of hydrogen-bond acceptors (Lipinski definition) is 3. The van der Waals surface area contributed by atoms with Crippen LogP contribution in [0.3, 0.4) is 0 Å². The third-order valence-corrected chi connectivity index (χ3v) is 5.43. The van der Waals surface area contributed by atoms with Crippen molar-refractivity contribution in [1.29, 1.82) is 0 Å². The smallest absolute Gasteiger partial charge is 0.131 e. The number of likely N-dealkylation sites (N-methyl/N-ethyl adjacent to an activating group) is 1. The van der Waals surface area contributed by atoms with E-state index in [-0.39, 0.29) is 0 Å². The van der Waals surface area contributed by atoms with Gasteiger partial charge in [-0.3, -0.25) is 9.58 Å². The number of hydrogen-bond donors (Lipinski definition) is 0. The van der Waals surface area contributed by atoms with Gasteiger partial charge in [0.25, 0.3) is 0 Å². The van der Waals surface area contributed by atoms with Gasteiger partial charge in [0.1, 0.15) is 5.15 Å². The molecule has 0 aliphatic carbocycles. The minimum atomic E-state index is 0.707. The molecule has 0 saturated carbocycles. The second kappa shape index (κ2) is 5.66. The Morgan fingerprint density at radius 2 is 2.00 bits per heavy atom. The molecule has 1 aromatic heterocycles. The van der Waals surface area contributed by atoms with Crippen molar-refractivity contribution in [3.05, 3.63) is 16.4 Å². The molecule has 2 fully saturated rings. The van der Waals surface area contributed by atoms with E-state index in [1.54, 1.807) is 4.68 Å². The highest BCUT2D eigenvalue weighted by atomic mass is 35.5. The van der Waals surface area contributed by atoms with Crippen molar-refractivity contribution in [2.75, 3.05) is 26.7 Å². The van der Waals surface area contributed by atoms with Gasteiger partial charge in [0.05, 0.1) is 5.69 Å². The van der Waals surface area contributed by atoms with Gasteiger partial charge in [-0.25, -0.2) is 0 Å². The van der Waals surface area contributed by atoms with Gasteiger partial charge in [-0.1, -0.05) is 18.0 Å². The highest BCUT2D eigenvalue weighted by molar-refractivity contribution is 6.30. The van der Waals surface area contributed by atoms with Crippen LogP contribution < -0.4 is 0 Å². The van der Waals surface area contributed by atoms with Crippen LogP contribution >= 0.6 is 11.6 Å². The van der Waals surface area contributed by atoms with Crippen LogP contribution in [0.15, 0.2) is 0 Å². The lowest BCUT2D eigenvalue weighted by atomic mass is 9.99. The van der Waals surface area contributed by atoms with Crippen LogP contribution in [0.2, 0.25) is 5.15 Å². The maximum atomic E-state index is 6.39. The molecule has 2 atom stereocenters. The number of aryl methyl sites for hydroxylation is 2. The average molecular weight is 297 g/mol. The Kier molecular flexibility index (Phi) is 4.07. The van der Waals surface area contributed by atoms with Crippen LogP contribution in [0.5, 0.6) is 0 Å². The molecule has 2 bridgehead atoms. The molecule has 2 saturated heterocycles. The fraction of sp³-hybridized carbons (Fsp3) is 0.800. The van der Waals surface area contributed by atoms with E-state index in [4.69, 9.17) is 11.6 Å². The van der Waals surface area contributed by atoms with Gasteiger partial charge in [0.15, 0.2) is 0 Å².